The summed E-state index contributed by atoms with van der Waals surface area (Å²) >= 11 is 1.71. The van der Waals surface area contributed by atoms with Crippen LogP contribution in [0.15, 0.2) is 25.3 Å². The van der Waals surface area contributed by atoms with Crippen LogP contribution in [-0.2, 0) is 14.4 Å². The van der Waals surface area contributed by atoms with E-state index in [1.807, 2.05) is 4.90 Å². The summed E-state index contributed by atoms with van der Waals surface area (Å²) < 4.78 is -0.982. The van der Waals surface area contributed by atoms with Crippen LogP contribution in [0, 0.1) is 11.8 Å². The molecule has 3 aliphatic rings. The number of amides is 3. The van der Waals surface area contributed by atoms with E-state index < -0.39 is 22.6 Å². The molecular formula is C27H43N3O4S. The molecule has 0 aromatic carbocycles. The van der Waals surface area contributed by atoms with Crippen LogP contribution in [0.1, 0.15) is 59.3 Å². The Hall–Kier alpha value is -1.80. The number of hydrogen-bond donors (Lipinski definition) is 1. The van der Waals surface area contributed by atoms with Crippen LogP contribution in [0.3, 0.4) is 0 Å². The van der Waals surface area contributed by atoms with Gasteiger partial charge in [0.15, 0.2) is 0 Å². The summed E-state index contributed by atoms with van der Waals surface area (Å²) in [5.41, 5.74) is 0. The lowest BCUT2D eigenvalue weighted by atomic mass is 9.66. The molecule has 3 amide bonds. The van der Waals surface area contributed by atoms with E-state index in [0.717, 1.165) is 25.7 Å². The fourth-order valence-electron chi connectivity index (χ4n) is 6.59. The molecule has 3 fully saturated rings. The number of fused-ring (bicyclic) bond motifs is 1. The number of aliphatic hydroxyl groups excluding tert-OH is 1. The largest absolute Gasteiger partial charge is 0.396 e. The predicted molar refractivity (Wildman–Crippen MR) is 141 cm³/mol. The van der Waals surface area contributed by atoms with Crippen molar-refractivity contribution < 1.29 is 19.5 Å². The van der Waals surface area contributed by atoms with Gasteiger partial charge in [-0.3, -0.25) is 14.4 Å². The summed E-state index contributed by atoms with van der Waals surface area (Å²) in [6.07, 6.45) is 8.03. The minimum atomic E-state index is -0.608. The van der Waals surface area contributed by atoms with Crippen molar-refractivity contribution in [3.8, 4) is 0 Å². The van der Waals surface area contributed by atoms with E-state index in [1.165, 1.54) is 0 Å². The summed E-state index contributed by atoms with van der Waals surface area (Å²) in [6, 6.07) is -0.571. The number of carbonyl (C=O) groups excluding carboxylic acids is 3. The Kier molecular flexibility index (Phi) is 8.79. The smallest absolute Gasteiger partial charge is 0.247 e. The van der Waals surface area contributed by atoms with Crippen LogP contribution in [-0.4, -0.2) is 92.4 Å². The third-order valence-electron chi connectivity index (χ3n) is 8.21. The van der Waals surface area contributed by atoms with Gasteiger partial charge in [-0.1, -0.05) is 25.5 Å². The minimum absolute atomic E-state index is 0.0324. The van der Waals surface area contributed by atoms with Gasteiger partial charge >= 0.3 is 0 Å². The van der Waals surface area contributed by atoms with E-state index in [1.54, 1.807) is 40.8 Å². The zero-order valence-corrected chi connectivity index (χ0v) is 22.7. The summed E-state index contributed by atoms with van der Waals surface area (Å²) in [4.78, 5) is 47.3. The second kappa shape index (κ2) is 11.1. The van der Waals surface area contributed by atoms with Crippen LogP contribution in [0.2, 0.25) is 0 Å². The Morgan fingerprint density at radius 1 is 1.23 bits per heavy atom. The number of hydrogen-bond acceptors (Lipinski definition) is 5. The molecule has 0 aliphatic carbocycles. The molecule has 2 bridgehead atoms. The first-order valence-corrected chi connectivity index (χ1v) is 13.8. The Labute approximate surface area is 215 Å². The van der Waals surface area contributed by atoms with Crippen molar-refractivity contribution in [1.82, 2.24) is 14.7 Å². The van der Waals surface area contributed by atoms with E-state index in [2.05, 4.69) is 33.9 Å². The number of likely N-dealkylation sites (N-methyl/N-ethyl adjacent to an activating group) is 1. The number of thioether (sulfide) groups is 1. The zero-order chi connectivity index (χ0) is 26.0. The van der Waals surface area contributed by atoms with Gasteiger partial charge in [0.2, 0.25) is 17.7 Å². The van der Waals surface area contributed by atoms with Gasteiger partial charge in [0.1, 0.15) is 6.04 Å². The van der Waals surface area contributed by atoms with Crippen molar-refractivity contribution in [2.45, 2.75) is 80.9 Å². The number of unbranched alkanes of at least 4 members (excludes halogenated alkanes) is 1. The van der Waals surface area contributed by atoms with Gasteiger partial charge < -0.3 is 19.8 Å². The number of likely N-dealkylation sites (tertiary alicyclic amines) is 1. The molecule has 1 spiro atoms. The lowest BCUT2D eigenvalue weighted by Crippen LogP contribution is -2.56. The molecule has 1 N–H and O–H groups in total. The Balaban J connectivity index is 2.05. The lowest BCUT2D eigenvalue weighted by Gasteiger charge is -2.39. The lowest BCUT2D eigenvalue weighted by molar-refractivity contribution is -0.145. The minimum Gasteiger partial charge on any atom is -0.396 e. The van der Waals surface area contributed by atoms with Crippen molar-refractivity contribution in [1.29, 1.82) is 0 Å². The highest BCUT2D eigenvalue weighted by molar-refractivity contribution is 8.02. The molecule has 8 heteroatoms. The van der Waals surface area contributed by atoms with Gasteiger partial charge in [0.05, 0.1) is 16.6 Å². The molecule has 3 saturated heterocycles. The molecule has 35 heavy (non-hydrogen) atoms. The first-order chi connectivity index (χ1) is 16.6. The van der Waals surface area contributed by atoms with Crippen molar-refractivity contribution in [3.05, 3.63) is 25.3 Å². The Bertz CT molecular complexity index is 850. The predicted octanol–water partition coefficient (Wildman–Crippen LogP) is 3.09. The van der Waals surface area contributed by atoms with E-state index in [4.69, 9.17) is 0 Å². The van der Waals surface area contributed by atoms with Gasteiger partial charge in [0.25, 0.3) is 0 Å². The molecule has 0 aromatic rings. The third kappa shape index (κ3) is 4.68. The molecule has 7 nitrogen and oxygen atoms in total. The van der Waals surface area contributed by atoms with Crippen molar-refractivity contribution in [2.75, 3.05) is 33.3 Å². The van der Waals surface area contributed by atoms with E-state index in [9.17, 15) is 19.5 Å². The summed E-state index contributed by atoms with van der Waals surface area (Å²) in [5.74, 6) is -1.12. The van der Waals surface area contributed by atoms with Gasteiger partial charge in [-0.15, -0.1) is 24.9 Å². The van der Waals surface area contributed by atoms with Crippen molar-refractivity contribution in [3.63, 3.8) is 0 Å². The summed E-state index contributed by atoms with van der Waals surface area (Å²) in [7, 11) is 1.76. The van der Waals surface area contributed by atoms with Gasteiger partial charge in [-0.2, -0.15) is 0 Å². The van der Waals surface area contributed by atoms with Gasteiger partial charge in [-0.25, -0.2) is 0 Å². The van der Waals surface area contributed by atoms with Crippen LogP contribution in [0.4, 0.5) is 0 Å². The highest BCUT2D eigenvalue weighted by atomic mass is 32.2. The number of aliphatic hydroxyl groups is 1. The summed E-state index contributed by atoms with van der Waals surface area (Å²) in [6.45, 7) is 15.2. The average Bonchev–Trinajstić information content (AvgIpc) is 3.38. The highest BCUT2D eigenvalue weighted by Crippen LogP contribution is 2.71. The second-order valence-electron chi connectivity index (χ2n) is 10.6. The number of rotatable bonds is 13. The van der Waals surface area contributed by atoms with Crippen LogP contribution < -0.4 is 0 Å². The maximum atomic E-state index is 14.3. The SMILES string of the molecule is C=CCN(C)C(=O)[C@H]1[C@H]2C(=O)N(CCCCO)C(C(=O)N(CC=C)C(C)CCC)C23CC[C@]1(C)S3. The molecule has 0 aromatic heterocycles. The maximum absolute atomic E-state index is 14.3. The fourth-order valence-corrected chi connectivity index (χ4v) is 8.94. The second-order valence-corrected chi connectivity index (χ2v) is 12.5. The summed E-state index contributed by atoms with van der Waals surface area (Å²) in [5, 5.41) is 9.34. The Morgan fingerprint density at radius 2 is 1.91 bits per heavy atom. The van der Waals surface area contributed by atoms with E-state index in [0.29, 0.717) is 32.5 Å². The topological polar surface area (TPSA) is 81.2 Å². The molecule has 3 aliphatic heterocycles. The maximum Gasteiger partial charge on any atom is 0.247 e. The molecule has 3 heterocycles. The van der Waals surface area contributed by atoms with Gasteiger partial charge in [0, 0.05) is 44.1 Å². The fraction of sp³-hybridized carbons (Fsp3) is 0.741. The standard InChI is InChI=1S/C27H43N3O4S/c1-7-12-19(4)29(16-9-3)25(34)22-27-14-13-26(5,35-27)20(23(32)28(6)15-8-2)21(27)24(33)30(22)17-10-11-18-31/h8-9,19-22,31H,2-3,7,10-18H2,1,4-6H3/t19?,20-,21+,22?,26+,27?/m1/s1. The van der Waals surface area contributed by atoms with E-state index >= 15 is 0 Å². The first-order valence-electron chi connectivity index (χ1n) is 13.0. The molecule has 196 valence electrons. The van der Waals surface area contributed by atoms with E-state index in [-0.39, 0.29) is 35.1 Å². The monoisotopic (exact) mass is 505 g/mol. The quantitative estimate of drug-likeness (QED) is 0.307. The number of nitrogens with zero attached hydrogens (tertiary/aromatic N) is 3. The highest BCUT2D eigenvalue weighted by Gasteiger charge is 2.77. The van der Waals surface area contributed by atoms with Crippen LogP contribution in [0.5, 0.6) is 0 Å². The van der Waals surface area contributed by atoms with Crippen molar-refractivity contribution in [2.24, 2.45) is 11.8 Å². The zero-order valence-electron chi connectivity index (χ0n) is 21.9. The van der Waals surface area contributed by atoms with Gasteiger partial charge in [-0.05, 0) is 46.0 Å². The molecular weight excluding hydrogens is 462 g/mol. The van der Waals surface area contributed by atoms with Crippen molar-refractivity contribution >= 4 is 29.5 Å². The molecule has 0 saturated carbocycles. The third-order valence-corrected chi connectivity index (χ3v) is 10.2. The molecule has 0 radical (unpaired) electrons. The van der Waals surface area contributed by atoms with Crippen LogP contribution >= 0.6 is 11.8 Å². The number of carbonyl (C=O) groups is 3. The molecule has 6 atom stereocenters. The average molecular weight is 506 g/mol. The molecule has 3 rings (SSSR count). The molecule has 3 unspecified atom stereocenters. The Morgan fingerprint density at radius 3 is 2.51 bits per heavy atom. The normalized spacial score (nSPS) is 31.9. The van der Waals surface area contributed by atoms with Crippen LogP contribution in [0.25, 0.3) is 0 Å². The first kappa shape index (κ1) is 27.8.